The molecule has 5 nitrogen and oxygen atoms in total. The summed E-state index contributed by atoms with van der Waals surface area (Å²) in [7, 11) is 0. The van der Waals surface area contributed by atoms with Gasteiger partial charge in [-0.1, -0.05) is 23.7 Å². The fraction of sp³-hybridized carbons (Fsp3) is 0.300. The Hall–Kier alpha value is -2.53. The number of nitrogens with one attached hydrogen (secondary N) is 1. The molecule has 0 radical (unpaired) electrons. The molecule has 0 unspecified atom stereocenters. The molecule has 2 amide bonds. The van der Waals surface area contributed by atoms with E-state index < -0.39 is 0 Å². The Labute approximate surface area is 157 Å². The van der Waals surface area contributed by atoms with Crippen LogP contribution in [0.2, 0.25) is 5.02 Å². The molecule has 1 aliphatic heterocycles. The van der Waals surface area contributed by atoms with Gasteiger partial charge < -0.3 is 15.0 Å². The minimum Gasteiger partial charge on any atom is -0.494 e. The highest BCUT2D eigenvalue weighted by Gasteiger charge is 2.31. The molecule has 1 heterocycles. The number of carbonyl (C=O) groups is 2. The average molecular weight is 373 g/mol. The number of benzene rings is 2. The molecule has 0 saturated carbocycles. The highest BCUT2D eigenvalue weighted by molar-refractivity contribution is 6.30. The molecular formula is C20H21ClN2O3. The molecule has 1 saturated heterocycles. The van der Waals surface area contributed by atoms with Gasteiger partial charge in [-0.05, 0) is 48.9 Å². The summed E-state index contributed by atoms with van der Waals surface area (Å²) in [6, 6.07) is 14.4. The van der Waals surface area contributed by atoms with Gasteiger partial charge in [0.15, 0.2) is 0 Å². The highest BCUT2D eigenvalue weighted by Crippen LogP contribution is 2.24. The van der Waals surface area contributed by atoms with Gasteiger partial charge in [0.1, 0.15) is 5.75 Å². The lowest BCUT2D eigenvalue weighted by Gasteiger charge is -2.17. The Morgan fingerprint density at radius 3 is 2.54 bits per heavy atom. The van der Waals surface area contributed by atoms with Crippen molar-refractivity contribution in [3.8, 4) is 5.75 Å². The molecule has 0 bridgehead atoms. The Kier molecular flexibility index (Phi) is 5.78. The van der Waals surface area contributed by atoms with E-state index in [4.69, 9.17) is 16.3 Å². The Morgan fingerprint density at radius 1 is 1.19 bits per heavy atom. The smallest absolute Gasteiger partial charge is 0.229 e. The van der Waals surface area contributed by atoms with Gasteiger partial charge in [-0.25, -0.2) is 0 Å². The normalized spacial score (nSPS) is 16.6. The average Bonchev–Trinajstić information content (AvgIpc) is 2.98. The highest BCUT2D eigenvalue weighted by atomic mass is 35.5. The van der Waals surface area contributed by atoms with E-state index >= 15 is 0 Å². The third-order valence-electron chi connectivity index (χ3n) is 4.23. The van der Waals surface area contributed by atoms with Crippen molar-refractivity contribution in [3.63, 3.8) is 0 Å². The molecule has 1 N–H and O–H groups in total. The lowest BCUT2D eigenvalue weighted by Crippen LogP contribution is -2.38. The lowest BCUT2D eigenvalue weighted by molar-refractivity contribution is -0.121. The number of hydrogen-bond acceptors (Lipinski definition) is 3. The zero-order chi connectivity index (χ0) is 18.5. The van der Waals surface area contributed by atoms with Crippen molar-refractivity contribution in [3.05, 3.63) is 59.1 Å². The van der Waals surface area contributed by atoms with Gasteiger partial charge in [0.25, 0.3) is 0 Å². The monoisotopic (exact) mass is 372 g/mol. The van der Waals surface area contributed by atoms with Gasteiger partial charge in [-0.3, -0.25) is 9.59 Å². The third kappa shape index (κ3) is 4.55. The molecule has 0 spiro atoms. The zero-order valence-corrected chi connectivity index (χ0v) is 15.3. The van der Waals surface area contributed by atoms with E-state index in [2.05, 4.69) is 5.32 Å². The predicted molar refractivity (Wildman–Crippen MR) is 102 cm³/mol. The largest absolute Gasteiger partial charge is 0.494 e. The number of nitrogens with zero attached hydrogens (tertiary/aromatic N) is 1. The maximum absolute atomic E-state index is 12.3. The fourth-order valence-electron chi connectivity index (χ4n) is 3.01. The summed E-state index contributed by atoms with van der Waals surface area (Å²) in [5, 5.41) is 3.59. The van der Waals surface area contributed by atoms with Crippen LogP contribution < -0.4 is 15.0 Å². The lowest BCUT2D eigenvalue weighted by atomic mass is 10.1. The van der Waals surface area contributed by atoms with Crippen LogP contribution in [0.25, 0.3) is 0 Å². The molecule has 136 valence electrons. The summed E-state index contributed by atoms with van der Waals surface area (Å²) in [4.78, 5) is 26.2. The number of anilines is 1. The van der Waals surface area contributed by atoms with Crippen molar-refractivity contribution < 1.29 is 14.3 Å². The van der Waals surface area contributed by atoms with Crippen molar-refractivity contribution in [2.24, 2.45) is 0 Å². The van der Waals surface area contributed by atoms with Crippen molar-refractivity contribution in [1.82, 2.24) is 5.32 Å². The van der Waals surface area contributed by atoms with Gasteiger partial charge >= 0.3 is 0 Å². The number of ether oxygens (including phenoxy) is 1. The molecule has 1 atom stereocenters. The molecular weight excluding hydrogens is 352 g/mol. The first-order valence-electron chi connectivity index (χ1n) is 8.62. The number of halogens is 1. The fourth-order valence-corrected chi connectivity index (χ4v) is 3.14. The maximum atomic E-state index is 12.3. The summed E-state index contributed by atoms with van der Waals surface area (Å²) < 4.78 is 5.42. The molecule has 2 aromatic rings. The van der Waals surface area contributed by atoms with Crippen LogP contribution in [0.3, 0.4) is 0 Å². The van der Waals surface area contributed by atoms with E-state index in [1.807, 2.05) is 43.3 Å². The van der Waals surface area contributed by atoms with Crippen LogP contribution in [0.1, 0.15) is 18.9 Å². The van der Waals surface area contributed by atoms with Gasteiger partial charge in [0.05, 0.1) is 19.1 Å². The van der Waals surface area contributed by atoms with E-state index in [9.17, 15) is 9.59 Å². The molecule has 2 aromatic carbocycles. The number of hydrogen-bond donors (Lipinski definition) is 1. The Balaban J connectivity index is 1.56. The third-order valence-corrected chi connectivity index (χ3v) is 4.48. The quantitative estimate of drug-likeness (QED) is 0.847. The van der Waals surface area contributed by atoms with Crippen LogP contribution in [0, 0.1) is 0 Å². The summed E-state index contributed by atoms with van der Waals surface area (Å²) >= 11 is 5.85. The number of amides is 2. The van der Waals surface area contributed by atoms with Gasteiger partial charge in [-0.2, -0.15) is 0 Å². The van der Waals surface area contributed by atoms with Crippen molar-refractivity contribution in [2.75, 3.05) is 18.1 Å². The number of carbonyl (C=O) groups excluding carboxylic acids is 2. The predicted octanol–water partition coefficient (Wildman–Crippen LogP) is 3.20. The summed E-state index contributed by atoms with van der Waals surface area (Å²) in [6.45, 7) is 3.00. The molecule has 1 fully saturated rings. The summed E-state index contributed by atoms with van der Waals surface area (Å²) in [5.41, 5.74) is 1.70. The minimum atomic E-state index is -0.186. The molecule has 26 heavy (non-hydrogen) atoms. The van der Waals surface area contributed by atoms with Gasteiger partial charge in [0, 0.05) is 23.7 Å². The zero-order valence-electron chi connectivity index (χ0n) is 14.6. The van der Waals surface area contributed by atoms with E-state index in [0.717, 1.165) is 17.0 Å². The van der Waals surface area contributed by atoms with Gasteiger partial charge in [0.2, 0.25) is 11.8 Å². The first kappa shape index (κ1) is 18.3. The van der Waals surface area contributed by atoms with Crippen LogP contribution in [0.4, 0.5) is 5.69 Å². The van der Waals surface area contributed by atoms with Crippen LogP contribution in [0.15, 0.2) is 48.5 Å². The molecule has 3 rings (SSSR count). The van der Waals surface area contributed by atoms with E-state index in [-0.39, 0.29) is 24.3 Å². The molecule has 1 aliphatic rings. The van der Waals surface area contributed by atoms with E-state index in [0.29, 0.717) is 24.6 Å². The van der Waals surface area contributed by atoms with Crippen LogP contribution in [-0.4, -0.2) is 31.0 Å². The second-order valence-corrected chi connectivity index (χ2v) is 6.64. The second kappa shape index (κ2) is 8.23. The van der Waals surface area contributed by atoms with Crippen molar-refractivity contribution in [2.45, 2.75) is 25.8 Å². The Bertz CT molecular complexity index is 775. The minimum absolute atomic E-state index is 0.00551. The van der Waals surface area contributed by atoms with Crippen molar-refractivity contribution in [1.29, 1.82) is 0 Å². The molecule has 0 aromatic heterocycles. The first-order valence-corrected chi connectivity index (χ1v) is 9.00. The molecule has 6 heteroatoms. The van der Waals surface area contributed by atoms with Crippen LogP contribution in [-0.2, 0) is 16.0 Å². The molecule has 0 aliphatic carbocycles. The van der Waals surface area contributed by atoms with Gasteiger partial charge in [-0.15, -0.1) is 0 Å². The first-order chi connectivity index (χ1) is 12.5. The number of rotatable bonds is 6. The second-order valence-electron chi connectivity index (χ2n) is 6.20. The standard InChI is InChI=1S/C20H21ClN2O3/c1-2-26-18-9-7-17(8-10-18)23-13-16(12-20(23)25)22-19(24)11-14-3-5-15(21)6-4-14/h3-10,16H,2,11-13H2,1H3,(H,22,24)/t16-/m1/s1. The maximum Gasteiger partial charge on any atom is 0.229 e. The van der Waals surface area contributed by atoms with Crippen LogP contribution >= 0.6 is 11.6 Å². The van der Waals surface area contributed by atoms with E-state index in [1.54, 1.807) is 17.0 Å². The summed E-state index contributed by atoms with van der Waals surface area (Å²) in [6.07, 6.45) is 0.574. The SMILES string of the molecule is CCOc1ccc(N2C[C@H](NC(=O)Cc3ccc(Cl)cc3)CC2=O)cc1. The topological polar surface area (TPSA) is 58.6 Å². The van der Waals surface area contributed by atoms with E-state index in [1.165, 1.54) is 0 Å². The van der Waals surface area contributed by atoms with Crippen molar-refractivity contribution >= 4 is 29.1 Å². The Morgan fingerprint density at radius 2 is 1.88 bits per heavy atom. The van der Waals surface area contributed by atoms with Crippen LogP contribution in [0.5, 0.6) is 5.75 Å². The summed E-state index contributed by atoms with van der Waals surface area (Å²) in [5.74, 6) is 0.681.